The predicted molar refractivity (Wildman–Crippen MR) is 62.1 cm³/mol. The van der Waals surface area contributed by atoms with E-state index in [1.54, 1.807) is 0 Å². The van der Waals surface area contributed by atoms with Gasteiger partial charge in [-0.25, -0.2) is 4.21 Å². The zero-order valence-electron chi connectivity index (χ0n) is 9.54. The third-order valence-electron chi connectivity index (χ3n) is 2.30. The van der Waals surface area contributed by atoms with Crippen LogP contribution in [-0.4, -0.2) is 39.7 Å². The average Bonchev–Trinajstić information content (AvgIpc) is 2.07. The normalized spacial score (nSPS) is 22.1. The Balaban J connectivity index is 2.57. The molecule has 1 rings (SSSR count). The molecule has 1 atom stereocenters. The molecule has 1 unspecified atom stereocenters. The first-order valence-electron chi connectivity index (χ1n) is 5.06. The van der Waals surface area contributed by atoms with E-state index < -0.39 is 11.0 Å². The Morgan fingerprint density at radius 2 is 1.79 bits per heavy atom. The third-order valence-corrected chi connectivity index (χ3v) is 3.77. The van der Waals surface area contributed by atoms with E-state index in [1.165, 1.54) is 0 Å². The molecule has 4 heteroatoms. The summed E-state index contributed by atoms with van der Waals surface area (Å²) in [5.41, 5.74) is 1.12. The summed E-state index contributed by atoms with van der Waals surface area (Å²) in [6, 6.07) is 0. The van der Waals surface area contributed by atoms with Crippen molar-refractivity contribution in [3.63, 3.8) is 0 Å². The monoisotopic (exact) mass is 216 g/mol. The van der Waals surface area contributed by atoms with Gasteiger partial charge in [0.25, 0.3) is 0 Å². The second-order valence-corrected chi connectivity index (χ2v) is 6.73. The van der Waals surface area contributed by atoms with Gasteiger partial charge in [-0.2, -0.15) is 4.40 Å². The van der Waals surface area contributed by atoms with E-state index in [1.807, 2.05) is 20.8 Å². The van der Waals surface area contributed by atoms with Gasteiger partial charge < -0.3 is 4.90 Å². The summed E-state index contributed by atoms with van der Waals surface area (Å²) in [4.78, 5) is 2.28. The molecule has 1 aliphatic rings. The van der Waals surface area contributed by atoms with Crippen molar-refractivity contribution in [2.45, 2.75) is 38.4 Å². The molecule has 82 valence electrons. The number of hydrogen-bond acceptors (Lipinski definition) is 2. The van der Waals surface area contributed by atoms with Crippen molar-refractivity contribution >= 4 is 16.7 Å². The molecule has 0 amide bonds. The van der Waals surface area contributed by atoms with E-state index in [9.17, 15) is 4.21 Å². The van der Waals surface area contributed by atoms with Crippen LogP contribution in [0.25, 0.3) is 0 Å². The Morgan fingerprint density at radius 3 is 2.21 bits per heavy atom. The minimum atomic E-state index is -1.08. The summed E-state index contributed by atoms with van der Waals surface area (Å²) < 4.78 is 15.8. The van der Waals surface area contributed by atoms with E-state index in [0.717, 1.165) is 31.6 Å². The van der Waals surface area contributed by atoms with Gasteiger partial charge in [-0.3, -0.25) is 0 Å². The number of piperidine rings is 1. The SMILES string of the molecule is CN1CCC(=NS(=O)C(C)(C)C)CC1. The molecule has 0 saturated carbocycles. The summed E-state index contributed by atoms with van der Waals surface area (Å²) in [7, 11) is 1.03. The molecule has 0 radical (unpaired) electrons. The molecule has 1 aliphatic heterocycles. The second kappa shape index (κ2) is 4.53. The standard InChI is InChI=1S/C10H20N2OS/c1-10(2,3)14(13)11-9-5-7-12(4)8-6-9/h5-8H2,1-4H3. The number of nitrogens with zero attached hydrogens (tertiary/aromatic N) is 2. The Labute approximate surface area is 89.2 Å². The minimum absolute atomic E-state index is 0.226. The van der Waals surface area contributed by atoms with Crippen LogP contribution < -0.4 is 0 Å². The number of likely N-dealkylation sites (tertiary alicyclic amines) is 1. The van der Waals surface area contributed by atoms with E-state index >= 15 is 0 Å². The third kappa shape index (κ3) is 3.50. The van der Waals surface area contributed by atoms with Crippen LogP contribution in [0.15, 0.2) is 4.40 Å². The molecule has 0 aromatic rings. The van der Waals surface area contributed by atoms with Crippen LogP contribution in [0.4, 0.5) is 0 Å². The highest BCUT2D eigenvalue weighted by Crippen LogP contribution is 2.15. The van der Waals surface area contributed by atoms with Crippen LogP contribution in [-0.2, 0) is 11.0 Å². The molecule has 0 spiro atoms. The Bertz CT molecular complexity index is 245. The molecule has 1 fully saturated rings. The maximum atomic E-state index is 11.7. The first-order valence-corrected chi connectivity index (χ1v) is 6.17. The van der Waals surface area contributed by atoms with Crippen molar-refractivity contribution in [1.29, 1.82) is 0 Å². The summed E-state index contributed by atoms with van der Waals surface area (Å²) in [6.45, 7) is 7.96. The van der Waals surface area contributed by atoms with Crippen LogP contribution in [0, 0.1) is 0 Å². The van der Waals surface area contributed by atoms with E-state index in [4.69, 9.17) is 0 Å². The van der Waals surface area contributed by atoms with E-state index in [-0.39, 0.29) is 4.75 Å². The molecule has 0 aromatic heterocycles. The van der Waals surface area contributed by atoms with Crippen molar-refractivity contribution < 1.29 is 4.21 Å². The maximum absolute atomic E-state index is 11.7. The molecule has 1 saturated heterocycles. The first kappa shape index (κ1) is 11.9. The van der Waals surface area contributed by atoms with Gasteiger partial charge in [0.15, 0.2) is 0 Å². The fourth-order valence-corrected chi connectivity index (χ4v) is 1.91. The van der Waals surface area contributed by atoms with Crippen LogP contribution in [0.1, 0.15) is 33.6 Å². The zero-order valence-corrected chi connectivity index (χ0v) is 10.4. The van der Waals surface area contributed by atoms with Crippen molar-refractivity contribution in [1.82, 2.24) is 4.90 Å². The highest BCUT2D eigenvalue weighted by atomic mass is 32.2. The molecule has 0 aromatic carbocycles. The van der Waals surface area contributed by atoms with Gasteiger partial charge in [-0.05, 0) is 40.7 Å². The lowest BCUT2D eigenvalue weighted by Gasteiger charge is -2.23. The smallest absolute Gasteiger partial charge is 0.144 e. The molecule has 0 N–H and O–H groups in total. The number of rotatable bonds is 1. The predicted octanol–water partition coefficient (Wildman–Crippen LogP) is 1.62. The average molecular weight is 216 g/mol. The topological polar surface area (TPSA) is 32.7 Å². The van der Waals surface area contributed by atoms with Crippen molar-refractivity contribution in [3.05, 3.63) is 0 Å². The summed E-state index contributed by atoms with van der Waals surface area (Å²) >= 11 is 0. The highest BCUT2D eigenvalue weighted by Gasteiger charge is 2.20. The van der Waals surface area contributed by atoms with Gasteiger partial charge >= 0.3 is 0 Å². The molecule has 3 nitrogen and oxygen atoms in total. The number of hydrogen-bond donors (Lipinski definition) is 0. The van der Waals surface area contributed by atoms with Crippen molar-refractivity contribution in [2.75, 3.05) is 20.1 Å². The van der Waals surface area contributed by atoms with Crippen LogP contribution >= 0.6 is 0 Å². The minimum Gasteiger partial charge on any atom is -0.306 e. The first-order chi connectivity index (χ1) is 6.39. The molecule has 0 bridgehead atoms. The Kier molecular flexibility index (Phi) is 3.84. The largest absolute Gasteiger partial charge is 0.306 e. The lowest BCUT2D eigenvalue weighted by atomic mass is 10.1. The van der Waals surface area contributed by atoms with E-state index in [2.05, 4.69) is 16.3 Å². The van der Waals surface area contributed by atoms with Crippen LogP contribution in [0.2, 0.25) is 0 Å². The van der Waals surface area contributed by atoms with Gasteiger partial charge in [0.1, 0.15) is 11.0 Å². The quantitative estimate of drug-likeness (QED) is 0.667. The van der Waals surface area contributed by atoms with Gasteiger partial charge in [0.2, 0.25) is 0 Å². The fraction of sp³-hybridized carbons (Fsp3) is 0.900. The van der Waals surface area contributed by atoms with E-state index in [0.29, 0.717) is 0 Å². The summed E-state index contributed by atoms with van der Waals surface area (Å²) in [6.07, 6.45) is 1.94. The van der Waals surface area contributed by atoms with Crippen LogP contribution in [0.5, 0.6) is 0 Å². The van der Waals surface area contributed by atoms with Crippen LogP contribution in [0.3, 0.4) is 0 Å². The molecule has 1 heterocycles. The summed E-state index contributed by atoms with van der Waals surface area (Å²) in [5.74, 6) is 0. The highest BCUT2D eigenvalue weighted by molar-refractivity contribution is 7.85. The van der Waals surface area contributed by atoms with Crippen molar-refractivity contribution in [2.24, 2.45) is 4.40 Å². The van der Waals surface area contributed by atoms with Gasteiger partial charge in [0, 0.05) is 18.8 Å². The maximum Gasteiger partial charge on any atom is 0.144 e. The second-order valence-electron chi connectivity index (χ2n) is 4.82. The molecule has 14 heavy (non-hydrogen) atoms. The summed E-state index contributed by atoms with van der Waals surface area (Å²) in [5, 5.41) is 0. The Morgan fingerprint density at radius 1 is 1.29 bits per heavy atom. The zero-order chi connectivity index (χ0) is 10.8. The van der Waals surface area contributed by atoms with Gasteiger partial charge in [-0.15, -0.1) is 0 Å². The lowest BCUT2D eigenvalue weighted by Crippen LogP contribution is -2.31. The fourth-order valence-electron chi connectivity index (χ4n) is 1.22. The molecular weight excluding hydrogens is 196 g/mol. The van der Waals surface area contributed by atoms with Crippen molar-refractivity contribution in [3.8, 4) is 0 Å². The molecular formula is C10H20N2OS. The van der Waals surface area contributed by atoms with Gasteiger partial charge in [0.05, 0.1) is 4.75 Å². The van der Waals surface area contributed by atoms with Gasteiger partial charge in [-0.1, -0.05) is 0 Å². The molecule has 0 aliphatic carbocycles. The Hall–Kier alpha value is -0.220. The lowest BCUT2D eigenvalue weighted by molar-refractivity contribution is 0.336.